The van der Waals surface area contributed by atoms with Crippen molar-refractivity contribution in [3.63, 3.8) is 0 Å². The summed E-state index contributed by atoms with van der Waals surface area (Å²) >= 11 is 0. The molecule has 0 aromatic heterocycles. The van der Waals surface area contributed by atoms with Gasteiger partial charge in [0.2, 0.25) is 0 Å². The van der Waals surface area contributed by atoms with Crippen LogP contribution in [0.15, 0.2) is 60.7 Å². The molecular weight excluding hydrogens is 600 g/mol. The summed E-state index contributed by atoms with van der Waals surface area (Å²) in [4.78, 5) is 11.8. The second kappa shape index (κ2) is 31.1. The second-order valence-electron chi connectivity index (χ2n) is 9.55. The lowest BCUT2D eigenvalue weighted by molar-refractivity contribution is -0.0273. The molecule has 0 fully saturated rings. The summed E-state index contributed by atoms with van der Waals surface area (Å²) in [5.74, 6) is -0.356. The first kappa shape index (κ1) is 39.7. The molecule has 12 heteroatoms. The summed E-state index contributed by atoms with van der Waals surface area (Å²) in [5.41, 5.74) is 1.68. The largest absolute Gasteiger partial charge is 0.460 e. The number of benzene rings is 2. The molecule has 12 nitrogen and oxygen atoms in total. The van der Waals surface area contributed by atoms with Crippen LogP contribution in [-0.4, -0.2) is 138 Å². The standard InChI is InChI=1S/C34H52O12/c35-34(33-9-5-2-6-10-33)46-30-29-44-26-25-42-22-21-40-18-17-38-14-13-36-11-12-37-15-16-39-19-20-41-23-24-43-27-28-45-31-32-7-3-1-4-8-32/h1-10H,11-31H2. The predicted octanol–water partition coefficient (Wildman–Crippen LogP) is 3.21. The molecule has 0 saturated heterocycles. The molecule has 0 saturated carbocycles. The molecule has 260 valence electrons. The van der Waals surface area contributed by atoms with Crippen LogP contribution in [-0.2, 0) is 58.7 Å². The van der Waals surface area contributed by atoms with Gasteiger partial charge in [-0.1, -0.05) is 48.5 Å². The van der Waals surface area contributed by atoms with Gasteiger partial charge in [0.15, 0.2) is 0 Å². The van der Waals surface area contributed by atoms with E-state index in [1.807, 2.05) is 36.4 Å². The highest BCUT2D eigenvalue weighted by Gasteiger charge is 2.05. The Morgan fingerprint density at radius 2 is 0.630 bits per heavy atom. The van der Waals surface area contributed by atoms with Crippen molar-refractivity contribution in [3.05, 3.63) is 71.8 Å². The average Bonchev–Trinajstić information content (AvgIpc) is 3.09. The minimum absolute atomic E-state index is 0.203. The SMILES string of the molecule is O=C(OCCOCCOCCOCCOCCOCCOCCOCCOCCOCCOCc1ccccc1)c1ccccc1. The second-order valence-corrected chi connectivity index (χ2v) is 9.55. The quantitative estimate of drug-likeness (QED) is 0.0832. The summed E-state index contributed by atoms with van der Waals surface area (Å²) in [5, 5.41) is 0. The van der Waals surface area contributed by atoms with E-state index < -0.39 is 0 Å². The molecule has 0 bridgehead atoms. The van der Waals surface area contributed by atoms with Gasteiger partial charge in [0.05, 0.1) is 138 Å². The molecule has 2 rings (SSSR count). The van der Waals surface area contributed by atoms with E-state index in [0.717, 1.165) is 5.56 Å². The van der Waals surface area contributed by atoms with Crippen molar-refractivity contribution in [2.75, 3.05) is 132 Å². The molecular formula is C34H52O12. The Balaban J connectivity index is 1.15. The molecule has 0 atom stereocenters. The van der Waals surface area contributed by atoms with Gasteiger partial charge in [-0.05, 0) is 17.7 Å². The number of carbonyl (C=O) groups excluding carboxylic acids is 1. The zero-order chi connectivity index (χ0) is 32.4. The number of ether oxygens (including phenoxy) is 11. The Hall–Kier alpha value is -2.49. The maximum Gasteiger partial charge on any atom is 0.338 e. The Morgan fingerprint density at radius 1 is 0.348 bits per heavy atom. The molecule has 0 spiro atoms. The lowest BCUT2D eigenvalue weighted by Gasteiger charge is -2.09. The van der Waals surface area contributed by atoms with Crippen LogP contribution >= 0.6 is 0 Å². The Kier molecular flexibility index (Phi) is 26.9. The summed E-state index contributed by atoms with van der Waals surface area (Å²) in [6, 6.07) is 18.9. The first-order chi connectivity index (χ1) is 22.9. The van der Waals surface area contributed by atoms with E-state index in [4.69, 9.17) is 52.1 Å². The van der Waals surface area contributed by atoms with Crippen molar-refractivity contribution in [3.8, 4) is 0 Å². The maximum absolute atomic E-state index is 11.8. The number of hydrogen-bond donors (Lipinski definition) is 0. The first-order valence-electron chi connectivity index (χ1n) is 15.9. The third kappa shape index (κ3) is 24.7. The lowest BCUT2D eigenvalue weighted by atomic mass is 10.2. The highest BCUT2D eigenvalue weighted by Crippen LogP contribution is 2.01. The average molecular weight is 653 g/mol. The van der Waals surface area contributed by atoms with Gasteiger partial charge in [0.25, 0.3) is 0 Å². The summed E-state index contributed by atoms with van der Waals surface area (Å²) in [6.45, 7) is 10.1. The highest BCUT2D eigenvalue weighted by atomic mass is 16.6. The summed E-state index contributed by atoms with van der Waals surface area (Å²) in [7, 11) is 0. The number of carbonyl (C=O) groups is 1. The third-order valence-corrected chi connectivity index (χ3v) is 5.93. The van der Waals surface area contributed by atoms with Crippen LogP contribution in [0.4, 0.5) is 0 Å². The van der Waals surface area contributed by atoms with Gasteiger partial charge in [0.1, 0.15) is 6.61 Å². The molecule has 0 unspecified atom stereocenters. The van der Waals surface area contributed by atoms with Crippen molar-refractivity contribution >= 4 is 5.97 Å². The van der Waals surface area contributed by atoms with Crippen molar-refractivity contribution in [2.45, 2.75) is 6.61 Å². The minimum atomic E-state index is -0.356. The predicted molar refractivity (Wildman–Crippen MR) is 170 cm³/mol. The van der Waals surface area contributed by atoms with E-state index in [-0.39, 0.29) is 12.6 Å². The zero-order valence-electron chi connectivity index (χ0n) is 27.0. The van der Waals surface area contributed by atoms with Gasteiger partial charge in [-0.3, -0.25) is 0 Å². The highest BCUT2D eigenvalue weighted by molar-refractivity contribution is 5.89. The van der Waals surface area contributed by atoms with Gasteiger partial charge < -0.3 is 52.1 Å². The van der Waals surface area contributed by atoms with Crippen LogP contribution in [0.2, 0.25) is 0 Å². The van der Waals surface area contributed by atoms with Crippen LogP contribution < -0.4 is 0 Å². The maximum atomic E-state index is 11.8. The number of esters is 1. The molecule has 0 radical (unpaired) electrons. The number of hydrogen-bond acceptors (Lipinski definition) is 12. The van der Waals surface area contributed by atoms with Crippen LogP contribution in [0.3, 0.4) is 0 Å². The topological polar surface area (TPSA) is 119 Å². The van der Waals surface area contributed by atoms with Crippen LogP contribution in [0.5, 0.6) is 0 Å². The fourth-order valence-electron chi connectivity index (χ4n) is 3.59. The van der Waals surface area contributed by atoms with Crippen molar-refractivity contribution in [1.29, 1.82) is 0 Å². The van der Waals surface area contributed by atoms with E-state index in [9.17, 15) is 4.79 Å². The molecule has 2 aromatic rings. The van der Waals surface area contributed by atoms with Gasteiger partial charge in [0, 0.05) is 0 Å². The van der Waals surface area contributed by atoms with Gasteiger partial charge >= 0.3 is 5.97 Å². The molecule has 0 aliphatic rings. The van der Waals surface area contributed by atoms with E-state index >= 15 is 0 Å². The molecule has 0 aliphatic heterocycles. The first-order valence-corrected chi connectivity index (χ1v) is 15.9. The van der Waals surface area contributed by atoms with E-state index in [2.05, 4.69) is 0 Å². The lowest BCUT2D eigenvalue weighted by Crippen LogP contribution is -2.15. The van der Waals surface area contributed by atoms with Crippen LogP contribution in [0.25, 0.3) is 0 Å². The van der Waals surface area contributed by atoms with E-state index in [1.54, 1.807) is 24.3 Å². The van der Waals surface area contributed by atoms with Crippen molar-refractivity contribution in [1.82, 2.24) is 0 Å². The van der Waals surface area contributed by atoms with E-state index in [1.165, 1.54) is 0 Å². The Morgan fingerprint density at radius 3 is 0.978 bits per heavy atom. The third-order valence-electron chi connectivity index (χ3n) is 5.93. The minimum Gasteiger partial charge on any atom is -0.460 e. The van der Waals surface area contributed by atoms with Crippen molar-refractivity contribution in [2.24, 2.45) is 0 Å². The molecule has 0 amide bonds. The molecule has 2 aromatic carbocycles. The Labute approximate surface area is 273 Å². The Bertz CT molecular complexity index is 919. The molecule has 0 heterocycles. The monoisotopic (exact) mass is 652 g/mol. The molecule has 0 aliphatic carbocycles. The molecule has 46 heavy (non-hydrogen) atoms. The number of rotatable bonds is 33. The molecule has 0 N–H and O–H groups in total. The summed E-state index contributed by atoms with van der Waals surface area (Å²) in [6.07, 6.45) is 0. The van der Waals surface area contributed by atoms with Crippen LogP contribution in [0.1, 0.15) is 15.9 Å². The van der Waals surface area contributed by atoms with Crippen molar-refractivity contribution < 1.29 is 56.9 Å². The van der Waals surface area contributed by atoms with Gasteiger partial charge in [-0.15, -0.1) is 0 Å². The fourth-order valence-corrected chi connectivity index (χ4v) is 3.59. The van der Waals surface area contributed by atoms with Gasteiger partial charge in [-0.25, -0.2) is 4.79 Å². The normalized spacial score (nSPS) is 11.2. The van der Waals surface area contributed by atoms with Gasteiger partial charge in [-0.2, -0.15) is 0 Å². The smallest absolute Gasteiger partial charge is 0.338 e. The zero-order valence-corrected chi connectivity index (χ0v) is 27.0. The van der Waals surface area contributed by atoms with Crippen LogP contribution in [0, 0.1) is 0 Å². The fraction of sp³-hybridized carbons (Fsp3) is 0.618. The van der Waals surface area contributed by atoms with E-state index in [0.29, 0.717) is 138 Å². The summed E-state index contributed by atoms with van der Waals surface area (Å²) < 4.78 is 59.9.